The van der Waals surface area contributed by atoms with E-state index in [1.54, 1.807) is 35.7 Å². The molecular formula is C20H23N3O6S2. The van der Waals surface area contributed by atoms with Crippen molar-refractivity contribution in [2.75, 3.05) is 0 Å². The van der Waals surface area contributed by atoms with E-state index in [1.807, 2.05) is 6.07 Å². The molecule has 9 nitrogen and oxygen atoms in total. The van der Waals surface area contributed by atoms with E-state index < -0.39 is 46.1 Å². The van der Waals surface area contributed by atoms with Crippen LogP contribution in [0.4, 0.5) is 0 Å². The highest BCUT2D eigenvalue weighted by Gasteiger charge is 2.36. The van der Waals surface area contributed by atoms with Crippen molar-refractivity contribution >= 4 is 33.2 Å². The Kier molecular flexibility index (Phi) is 7.23. The van der Waals surface area contributed by atoms with Crippen molar-refractivity contribution in [3.05, 3.63) is 65.1 Å². The highest BCUT2D eigenvalue weighted by Crippen LogP contribution is 2.23. The number of hydrogen-bond acceptors (Lipinski definition) is 7. The molecule has 4 unspecified atom stereocenters. The summed E-state index contributed by atoms with van der Waals surface area (Å²) >= 11 is 0.994. The van der Waals surface area contributed by atoms with E-state index in [4.69, 9.17) is 5.73 Å². The SMILES string of the molecule is NC(=O)C(Cc1ccccc1)NC(=O)C1=CC(NS(=O)(=O)c2cccs2)C(O)C(O)C1. The predicted octanol–water partition coefficient (Wildman–Crippen LogP) is -0.340. The van der Waals surface area contributed by atoms with Crippen molar-refractivity contribution in [1.29, 1.82) is 0 Å². The first kappa shape index (κ1) is 23.1. The van der Waals surface area contributed by atoms with E-state index in [2.05, 4.69) is 10.0 Å². The van der Waals surface area contributed by atoms with Gasteiger partial charge in [-0.25, -0.2) is 13.1 Å². The van der Waals surface area contributed by atoms with E-state index in [0.29, 0.717) is 0 Å². The van der Waals surface area contributed by atoms with Gasteiger partial charge in [0, 0.05) is 18.4 Å². The van der Waals surface area contributed by atoms with Crippen LogP contribution in [-0.2, 0) is 26.0 Å². The zero-order valence-electron chi connectivity index (χ0n) is 16.3. The second kappa shape index (κ2) is 9.71. The number of rotatable bonds is 8. The van der Waals surface area contributed by atoms with Crippen LogP contribution in [0, 0.1) is 0 Å². The summed E-state index contributed by atoms with van der Waals surface area (Å²) in [5, 5.41) is 24.5. The Morgan fingerprint density at radius 1 is 1.16 bits per heavy atom. The molecule has 3 rings (SSSR count). The Labute approximate surface area is 183 Å². The van der Waals surface area contributed by atoms with Crippen LogP contribution in [0.25, 0.3) is 0 Å². The first-order valence-corrected chi connectivity index (χ1v) is 11.8. The molecule has 1 aliphatic rings. The van der Waals surface area contributed by atoms with E-state index >= 15 is 0 Å². The second-order valence-corrected chi connectivity index (χ2v) is 10.0. The number of hydrogen-bond donors (Lipinski definition) is 5. The van der Waals surface area contributed by atoms with Gasteiger partial charge in [0.2, 0.25) is 11.8 Å². The number of carbonyl (C=O) groups is 2. The van der Waals surface area contributed by atoms with Gasteiger partial charge < -0.3 is 21.3 Å². The fourth-order valence-electron chi connectivity index (χ4n) is 3.22. The average molecular weight is 466 g/mol. The van der Waals surface area contributed by atoms with Crippen LogP contribution in [0.2, 0.25) is 0 Å². The van der Waals surface area contributed by atoms with Gasteiger partial charge in [-0.3, -0.25) is 9.59 Å². The first-order chi connectivity index (χ1) is 14.7. The summed E-state index contributed by atoms with van der Waals surface area (Å²) in [5.41, 5.74) is 6.25. The highest BCUT2D eigenvalue weighted by atomic mass is 32.2. The zero-order chi connectivity index (χ0) is 22.6. The van der Waals surface area contributed by atoms with Crippen molar-refractivity contribution in [2.24, 2.45) is 5.73 Å². The molecule has 31 heavy (non-hydrogen) atoms. The van der Waals surface area contributed by atoms with Gasteiger partial charge in [-0.05, 0) is 17.0 Å². The number of aliphatic hydroxyl groups is 2. The quantitative estimate of drug-likeness (QED) is 0.359. The molecule has 0 saturated heterocycles. The van der Waals surface area contributed by atoms with E-state index in [-0.39, 0.29) is 22.6 Å². The summed E-state index contributed by atoms with van der Waals surface area (Å²) in [6, 6.07) is 9.72. The third-order valence-electron chi connectivity index (χ3n) is 4.85. The molecule has 166 valence electrons. The maximum atomic E-state index is 12.7. The number of carbonyl (C=O) groups excluding carboxylic acids is 2. The summed E-state index contributed by atoms with van der Waals surface area (Å²) < 4.78 is 27.3. The van der Waals surface area contributed by atoms with Crippen LogP contribution >= 0.6 is 11.3 Å². The molecule has 11 heteroatoms. The van der Waals surface area contributed by atoms with E-state index in [1.165, 1.54) is 12.1 Å². The van der Waals surface area contributed by atoms with Gasteiger partial charge in [-0.1, -0.05) is 42.5 Å². The largest absolute Gasteiger partial charge is 0.390 e. The third-order valence-corrected chi connectivity index (χ3v) is 7.70. The Morgan fingerprint density at radius 3 is 2.48 bits per heavy atom. The standard InChI is InChI=1S/C20H23N3O6S2/c21-19(26)15(9-12-5-2-1-3-6-12)22-20(27)13-10-14(18(25)16(24)11-13)23-31(28,29)17-7-4-8-30-17/h1-8,10,14-16,18,23-25H,9,11H2,(H2,21,26)(H,22,27). The minimum absolute atomic E-state index is 0.0378. The summed E-state index contributed by atoms with van der Waals surface area (Å²) in [6.07, 6.45) is -1.60. The number of sulfonamides is 1. The minimum atomic E-state index is -3.95. The maximum absolute atomic E-state index is 12.7. The number of aliphatic hydroxyl groups excluding tert-OH is 2. The lowest BCUT2D eigenvalue weighted by molar-refractivity contribution is -0.125. The molecule has 2 aromatic rings. The fraction of sp³-hybridized carbons (Fsp3) is 0.300. The van der Waals surface area contributed by atoms with E-state index in [0.717, 1.165) is 16.9 Å². The van der Waals surface area contributed by atoms with Gasteiger partial charge in [0.15, 0.2) is 0 Å². The highest BCUT2D eigenvalue weighted by molar-refractivity contribution is 7.91. The molecule has 0 spiro atoms. The number of primary amides is 1. The molecule has 6 N–H and O–H groups in total. The summed E-state index contributed by atoms with van der Waals surface area (Å²) in [4.78, 5) is 24.6. The van der Waals surface area contributed by atoms with Crippen LogP contribution in [0.1, 0.15) is 12.0 Å². The molecule has 0 radical (unpaired) electrons. The number of thiophene rings is 1. The monoisotopic (exact) mass is 465 g/mol. The smallest absolute Gasteiger partial charge is 0.250 e. The normalized spacial score (nSPS) is 22.4. The van der Waals surface area contributed by atoms with Crippen LogP contribution in [0.5, 0.6) is 0 Å². The first-order valence-electron chi connectivity index (χ1n) is 9.44. The summed E-state index contributed by atoms with van der Waals surface area (Å²) in [5.74, 6) is -1.41. The van der Waals surface area contributed by atoms with Crippen molar-refractivity contribution in [1.82, 2.24) is 10.0 Å². The lowest BCUT2D eigenvalue weighted by Crippen LogP contribution is -2.52. The van der Waals surface area contributed by atoms with Gasteiger partial charge in [0.25, 0.3) is 10.0 Å². The van der Waals surface area contributed by atoms with Crippen LogP contribution in [0.15, 0.2) is 63.7 Å². The molecule has 1 aromatic carbocycles. The molecule has 1 heterocycles. The predicted molar refractivity (Wildman–Crippen MR) is 114 cm³/mol. The number of nitrogens with two attached hydrogens (primary N) is 1. The van der Waals surface area contributed by atoms with Crippen LogP contribution < -0.4 is 15.8 Å². The summed E-state index contributed by atoms with van der Waals surface area (Å²) in [7, 11) is -3.95. The third kappa shape index (κ3) is 5.77. The van der Waals surface area contributed by atoms with E-state index in [9.17, 15) is 28.2 Å². The lowest BCUT2D eigenvalue weighted by atomic mass is 9.90. The Balaban J connectivity index is 1.77. The molecule has 0 aliphatic heterocycles. The van der Waals surface area contributed by atoms with Gasteiger partial charge >= 0.3 is 0 Å². The van der Waals surface area contributed by atoms with Crippen molar-refractivity contribution in [2.45, 2.75) is 41.3 Å². The Morgan fingerprint density at radius 2 is 1.87 bits per heavy atom. The second-order valence-electron chi connectivity index (χ2n) is 7.15. The van der Waals surface area contributed by atoms with Crippen molar-refractivity contribution in [3.8, 4) is 0 Å². The molecule has 0 fully saturated rings. The minimum Gasteiger partial charge on any atom is -0.390 e. The Hall–Kier alpha value is -2.57. The fourth-order valence-corrected chi connectivity index (χ4v) is 5.42. The molecule has 1 aliphatic carbocycles. The average Bonchev–Trinajstić information content (AvgIpc) is 3.27. The zero-order valence-corrected chi connectivity index (χ0v) is 18.0. The molecule has 0 bridgehead atoms. The Bertz CT molecular complexity index is 1050. The topological polar surface area (TPSA) is 159 Å². The summed E-state index contributed by atoms with van der Waals surface area (Å²) in [6.45, 7) is 0. The molecule has 0 saturated carbocycles. The molecule has 4 atom stereocenters. The van der Waals surface area contributed by atoms with Gasteiger partial charge in [-0.15, -0.1) is 11.3 Å². The van der Waals surface area contributed by atoms with Crippen LogP contribution in [-0.4, -0.2) is 54.7 Å². The van der Waals surface area contributed by atoms with Crippen LogP contribution in [0.3, 0.4) is 0 Å². The van der Waals surface area contributed by atoms with Gasteiger partial charge in [0.1, 0.15) is 16.4 Å². The maximum Gasteiger partial charge on any atom is 0.250 e. The molecule has 2 amide bonds. The van der Waals surface area contributed by atoms with Gasteiger partial charge in [0.05, 0.1) is 12.1 Å². The number of amides is 2. The number of benzene rings is 1. The van der Waals surface area contributed by atoms with Crippen molar-refractivity contribution in [3.63, 3.8) is 0 Å². The molecule has 1 aromatic heterocycles. The van der Waals surface area contributed by atoms with Gasteiger partial charge in [-0.2, -0.15) is 0 Å². The molecular weight excluding hydrogens is 442 g/mol. The lowest BCUT2D eigenvalue weighted by Gasteiger charge is -2.31. The number of nitrogens with one attached hydrogen (secondary N) is 2. The van der Waals surface area contributed by atoms with Crippen molar-refractivity contribution < 1.29 is 28.2 Å².